The van der Waals surface area contributed by atoms with Crippen LogP contribution in [0.25, 0.3) is 23.2 Å². The van der Waals surface area contributed by atoms with Gasteiger partial charge in [0.05, 0.1) is 17.6 Å². The molecule has 2 aromatic carbocycles. The lowest BCUT2D eigenvalue weighted by Gasteiger charge is -2.00. The largest absolute Gasteiger partial charge is 0.450 e. The Hall–Kier alpha value is -3.08. The molecular formula is C19H19N3O2. The molecule has 0 aliphatic heterocycles. The Morgan fingerprint density at radius 3 is 2.62 bits per heavy atom. The predicted molar refractivity (Wildman–Crippen MR) is 96.8 cm³/mol. The minimum Gasteiger partial charge on any atom is -0.450 e. The molecule has 0 atom stereocenters. The number of nitrogens with one attached hydrogen (secondary N) is 2. The molecule has 0 radical (unpaired) electrons. The zero-order valence-corrected chi connectivity index (χ0v) is 13.7. The number of aryl methyl sites for hydroxylation is 1. The van der Waals surface area contributed by atoms with Gasteiger partial charge in [-0.15, -0.1) is 0 Å². The molecule has 5 nitrogen and oxygen atoms in total. The molecule has 1 heterocycles. The lowest BCUT2D eigenvalue weighted by molar-refractivity contribution is 0.167. The maximum absolute atomic E-state index is 11.4. The van der Waals surface area contributed by atoms with Gasteiger partial charge in [-0.05, 0) is 37.1 Å². The zero-order valence-electron chi connectivity index (χ0n) is 13.7. The molecule has 2 N–H and O–H groups in total. The van der Waals surface area contributed by atoms with Crippen molar-refractivity contribution >= 4 is 35.2 Å². The van der Waals surface area contributed by atoms with E-state index in [2.05, 4.69) is 52.5 Å². The Kier molecular flexibility index (Phi) is 4.61. The Morgan fingerprint density at radius 1 is 1.17 bits per heavy atom. The van der Waals surface area contributed by atoms with Crippen LogP contribution >= 0.6 is 0 Å². The third-order valence-electron chi connectivity index (χ3n) is 3.55. The minimum atomic E-state index is -0.518. The number of rotatable bonds is 4. The Bertz CT molecular complexity index is 879. The van der Waals surface area contributed by atoms with Crippen LogP contribution < -0.4 is 5.32 Å². The second kappa shape index (κ2) is 7.00. The van der Waals surface area contributed by atoms with Gasteiger partial charge in [-0.25, -0.2) is 9.78 Å². The summed E-state index contributed by atoms with van der Waals surface area (Å²) < 4.78 is 4.84. The van der Waals surface area contributed by atoms with Crippen molar-refractivity contribution < 1.29 is 9.53 Å². The van der Waals surface area contributed by atoms with Crippen LogP contribution in [0.1, 0.15) is 23.6 Å². The van der Waals surface area contributed by atoms with E-state index in [0.29, 0.717) is 12.6 Å². The summed E-state index contributed by atoms with van der Waals surface area (Å²) in [5.74, 6) is 0.378. The van der Waals surface area contributed by atoms with Crippen LogP contribution in [0.15, 0.2) is 42.5 Å². The summed E-state index contributed by atoms with van der Waals surface area (Å²) in [4.78, 5) is 18.8. The third kappa shape index (κ3) is 3.81. The predicted octanol–water partition coefficient (Wildman–Crippen LogP) is 4.61. The highest BCUT2D eigenvalue weighted by molar-refractivity contribution is 5.87. The average molecular weight is 321 g/mol. The van der Waals surface area contributed by atoms with Gasteiger partial charge < -0.3 is 9.72 Å². The van der Waals surface area contributed by atoms with E-state index < -0.39 is 6.09 Å². The van der Waals surface area contributed by atoms with Crippen molar-refractivity contribution in [3.63, 3.8) is 0 Å². The number of ether oxygens (including phenoxy) is 1. The van der Waals surface area contributed by atoms with E-state index >= 15 is 0 Å². The number of amides is 1. The first-order valence-corrected chi connectivity index (χ1v) is 7.82. The maximum atomic E-state index is 11.4. The molecule has 3 aromatic rings. The second-order valence-corrected chi connectivity index (χ2v) is 5.45. The van der Waals surface area contributed by atoms with Crippen molar-refractivity contribution in [1.82, 2.24) is 9.97 Å². The van der Waals surface area contributed by atoms with E-state index in [1.807, 2.05) is 24.3 Å². The molecule has 0 bridgehead atoms. The summed E-state index contributed by atoms with van der Waals surface area (Å²) in [6.45, 7) is 4.15. The van der Waals surface area contributed by atoms with Crippen LogP contribution in [0.4, 0.5) is 10.7 Å². The number of aromatic amines is 1. The fourth-order valence-electron chi connectivity index (χ4n) is 2.32. The van der Waals surface area contributed by atoms with E-state index in [1.54, 1.807) is 6.92 Å². The molecular weight excluding hydrogens is 302 g/mol. The van der Waals surface area contributed by atoms with Gasteiger partial charge in [-0.2, -0.15) is 0 Å². The molecule has 0 saturated carbocycles. The third-order valence-corrected chi connectivity index (χ3v) is 3.55. The molecule has 122 valence electrons. The van der Waals surface area contributed by atoms with Gasteiger partial charge in [0.15, 0.2) is 0 Å². The van der Waals surface area contributed by atoms with Gasteiger partial charge in [0.1, 0.15) is 0 Å². The fraction of sp³-hybridized carbons (Fsp3) is 0.158. The molecule has 1 amide bonds. The molecule has 0 spiro atoms. The normalized spacial score (nSPS) is 11.1. The van der Waals surface area contributed by atoms with Gasteiger partial charge in [0.25, 0.3) is 0 Å². The van der Waals surface area contributed by atoms with Gasteiger partial charge in [0.2, 0.25) is 5.95 Å². The first-order chi connectivity index (χ1) is 11.6. The van der Waals surface area contributed by atoms with Gasteiger partial charge in [-0.3, -0.25) is 5.32 Å². The van der Waals surface area contributed by atoms with E-state index in [9.17, 15) is 4.79 Å². The van der Waals surface area contributed by atoms with E-state index in [0.717, 1.165) is 22.2 Å². The highest BCUT2D eigenvalue weighted by atomic mass is 16.5. The van der Waals surface area contributed by atoms with E-state index in [1.165, 1.54) is 5.56 Å². The van der Waals surface area contributed by atoms with Crippen LogP contribution in [-0.4, -0.2) is 22.7 Å². The average Bonchev–Trinajstić information content (AvgIpc) is 2.95. The number of hydrogen-bond donors (Lipinski definition) is 2. The number of benzene rings is 2. The van der Waals surface area contributed by atoms with Gasteiger partial charge in [-0.1, -0.05) is 48.0 Å². The number of H-pyrrole nitrogens is 1. The fourth-order valence-corrected chi connectivity index (χ4v) is 2.32. The second-order valence-electron chi connectivity index (χ2n) is 5.45. The molecule has 1 aromatic heterocycles. The molecule has 0 fully saturated rings. The molecule has 0 aliphatic rings. The van der Waals surface area contributed by atoms with Crippen molar-refractivity contribution in [2.75, 3.05) is 11.9 Å². The molecule has 3 rings (SSSR count). The summed E-state index contributed by atoms with van der Waals surface area (Å²) in [5.41, 5.74) is 5.08. The smallest absolute Gasteiger partial charge is 0.413 e. The van der Waals surface area contributed by atoms with Crippen molar-refractivity contribution in [2.45, 2.75) is 13.8 Å². The summed E-state index contributed by atoms with van der Waals surface area (Å²) in [6.07, 6.45) is 3.59. The van der Waals surface area contributed by atoms with Gasteiger partial charge in [0, 0.05) is 0 Å². The lowest BCUT2D eigenvalue weighted by Crippen LogP contribution is -2.14. The number of aromatic nitrogens is 2. The monoisotopic (exact) mass is 321 g/mol. The summed E-state index contributed by atoms with van der Waals surface area (Å²) in [5, 5.41) is 2.57. The number of nitrogens with zero attached hydrogens (tertiary/aromatic N) is 1. The number of fused-ring (bicyclic) bond motifs is 1. The number of carbonyl (C=O) groups is 1. The SMILES string of the molecule is CCOC(=O)Nc1nc2ccc(C=Cc3ccc(C)cc3)cc2[nH]1. The maximum Gasteiger partial charge on any atom is 0.413 e. The first kappa shape index (κ1) is 15.8. The minimum absolute atomic E-state index is 0.319. The van der Waals surface area contributed by atoms with Crippen molar-refractivity contribution in [2.24, 2.45) is 0 Å². The standard InChI is InChI=1S/C19H19N3O2/c1-3-24-19(23)22-18-20-16-11-10-15(12-17(16)21-18)9-8-14-6-4-13(2)5-7-14/h4-12H,3H2,1-2H3,(H2,20,21,22,23). The first-order valence-electron chi connectivity index (χ1n) is 7.82. The molecule has 0 unspecified atom stereocenters. The zero-order chi connectivity index (χ0) is 16.9. The summed E-state index contributed by atoms with van der Waals surface area (Å²) in [6, 6.07) is 14.2. The number of hydrogen-bond acceptors (Lipinski definition) is 3. The summed E-state index contributed by atoms with van der Waals surface area (Å²) >= 11 is 0. The Balaban J connectivity index is 1.78. The quantitative estimate of drug-likeness (QED) is 0.690. The highest BCUT2D eigenvalue weighted by Gasteiger charge is 2.07. The van der Waals surface area contributed by atoms with E-state index in [4.69, 9.17) is 4.74 Å². The van der Waals surface area contributed by atoms with Crippen LogP contribution in [0.2, 0.25) is 0 Å². The lowest BCUT2D eigenvalue weighted by atomic mass is 10.1. The van der Waals surface area contributed by atoms with Crippen molar-refractivity contribution in [1.29, 1.82) is 0 Å². The van der Waals surface area contributed by atoms with Crippen molar-refractivity contribution in [3.05, 3.63) is 59.2 Å². The summed E-state index contributed by atoms with van der Waals surface area (Å²) in [7, 11) is 0. The molecule has 5 heteroatoms. The number of imidazole rings is 1. The van der Waals surface area contributed by atoms with Crippen LogP contribution in [0.3, 0.4) is 0 Å². The van der Waals surface area contributed by atoms with Crippen LogP contribution in [0.5, 0.6) is 0 Å². The molecule has 0 saturated heterocycles. The number of anilines is 1. The molecule has 24 heavy (non-hydrogen) atoms. The topological polar surface area (TPSA) is 67.0 Å². The molecule has 0 aliphatic carbocycles. The number of carbonyl (C=O) groups excluding carboxylic acids is 1. The Labute approximate surface area is 140 Å². The Morgan fingerprint density at radius 2 is 1.88 bits per heavy atom. The van der Waals surface area contributed by atoms with Crippen molar-refractivity contribution in [3.8, 4) is 0 Å². The van der Waals surface area contributed by atoms with Crippen LogP contribution in [-0.2, 0) is 4.74 Å². The van der Waals surface area contributed by atoms with Crippen LogP contribution in [0, 0.1) is 6.92 Å². The van der Waals surface area contributed by atoms with E-state index in [-0.39, 0.29) is 0 Å². The van der Waals surface area contributed by atoms with Gasteiger partial charge >= 0.3 is 6.09 Å². The highest BCUT2D eigenvalue weighted by Crippen LogP contribution is 2.18.